The molecule has 2 atom stereocenters. The lowest BCUT2D eigenvalue weighted by Crippen LogP contribution is -2.56. The lowest BCUT2D eigenvalue weighted by molar-refractivity contribution is -0.122. The number of nitrogens with zero attached hydrogens (tertiary/aromatic N) is 6. The highest BCUT2D eigenvalue weighted by atomic mass is 16.2. The Balaban J connectivity index is 1.54. The highest BCUT2D eigenvalue weighted by Gasteiger charge is 2.30. The highest BCUT2D eigenvalue weighted by molar-refractivity contribution is 5.93. The number of hydrogen-bond acceptors (Lipinski definition) is 6. The Hall–Kier alpha value is -2.32. The SMILES string of the molecule is C[C@H](C(=O)Nc1ncccn1)N1CCN(Cc2nccn2C)[C@@H](C)C1. The van der Waals surface area contributed by atoms with E-state index in [0.29, 0.717) is 12.0 Å². The fraction of sp³-hybridized carbons (Fsp3) is 0.529. The molecule has 1 aliphatic heterocycles. The number of carbonyl (C=O) groups is 1. The van der Waals surface area contributed by atoms with E-state index in [1.165, 1.54) is 0 Å². The van der Waals surface area contributed by atoms with Crippen LogP contribution in [0.3, 0.4) is 0 Å². The number of imidazole rings is 1. The quantitative estimate of drug-likeness (QED) is 0.863. The minimum Gasteiger partial charge on any atom is -0.337 e. The minimum atomic E-state index is -0.221. The zero-order chi connectivity index (χ0) is 17.8. The Morgan fingerprint density at radius 3 is 2.68 bits per heavy atom. The molecule has 0 bridgehead atoms. The summed E-state index contributed by atoms with van der Waals surface area (Å²) in [5.74, 6) is 1.34. The van der Waals surface area contributed by atoms with E-state index in [1.54, 1.807) is 18.5 Å². The Bertz CT molecular complexity index is 702. The van der Waals surface area contributed by atoms with Crippen molar-refractivity contribution >= 4 is 11.9 Å². The van der Waals surface area contributed by atoms with Gasteiger partial charge in [0.05, 0.1) is 12.6 Å². The van der Waals surface area contributed by atoms with Crippen LogP contribution in [0.4, 0.5) is 5.95 Å². The molecular formula is C17H25N7O. The minimum absolute atomic E-state index is 0.0732. The van der Waals surface area contributed by atoms with Gasteiger partial charge in [-0.15, -0.1) is 0 Å². The van der Waals surface area contributed by atoms with E-state index in [2.05, 4.69) is 41.6 Å². The predicted molar refractivity (Wildman–Crippen MR) is 94.8 cm³/mol. The number of anilines is 1. The molecule has 3 heterocycles. The number of carbonyl (C=O) groups excluding carboxylic acids is 1. The highest BCUT2D eigenvalue weighted by Crippen LogP contribution is 2.15. The maximum Gasteiger partial charge on any atom is 0.243 e. The molecule has 3 rings (SSSR count). The van der Waals surface area contributed by atoms with Crippen LogP contribution >= 0.6 is 0 Å². The average Bonchev–Trinajstić information content (AvgIpc) is 3.01. The molecule has 8 nitrogen and oxygen atoms in total. The first-order chi connectivity index (χ1) is 12.0. The zero-order valence-corrected chi connectivity index (χ0v) is 15.0. The fourth-order valence-electron chi connectivity index (χ4n) is 3.08. The van der Waals surface area contributed by atoms with Crippen molar-refractivity contribution in [2.45, 2.75) is 32.5 Å². The Kier molecular flexibility index (Phi) is 5.40. The molecule has 0 aromatic carbocycles. The molecule has 2 aromatic heterocycles. The van der Waals surface area contributed by atoms with Gasteiger partial charge in [-0.2, -0.15) is 0 Å². The second kappa shape index (κ2) is 7.71. The Labute approximate surface area is 147 Å². The van der Waals surface area contributed by atoms with Gasteiger partial charge in [-0.1, -0.05) is 0 Å². The third kappa shape index (κ3) is 4.21. The summed E-state index contributed by atoms with van der Waals surface area (Å²) < 4.78 is 2.05. The van der Waals surface area contributed by atoms with Crippen molar-refractivity contribution < 1.29 is 4.79 Å². The molecule has 134 valence electrons. The van der Waals surface area contributed by atoms with Crippen LogP contribution in [-0.4, -0.2) is 66.9 Å². The van der Waals surface area contributed by atoms with Crippen LogP contribution in [0, 0.1) is 0 Å². The predicted octanol–water partition coefficient (Wildman–Crippen LogP) is 0.743. The van der Waals surface area contributed by atoms with Crippen molar-refractivity contribution in [3.8, 4) is 0 Å². The van der Waals surface area contributed by atoms with Crippen LogP contribution in [-0.2, 0) is 18.4 Å². The summed E-state index contributed by atoms with van der Waals surface area (Å²) in [4.78, 5) is 29.5. The van der Waals surface area contributed by atoms with Gasteiger partial charge in [0.15, 0.2) is 0 Å². The molecule has 0 unspecified atom stereocenters. The number of piperazine rings is 1. The van der Waals surface area contributed by atoms with Crippen molar-refractivity contribution in [1.29, 1.82) is 0 Å². The summed E-state index contributed by atoms with van der Waals surface area (Å²) in [5.41, 5.74) is 0. The van der Waals surface area contributed by atoms with Gasteiger partial charge >= 0.3 is 0 Å². The van der Waals surface area contributed by atoms with E-state index in [0.717, 1.165) is 32.0 Å². The number of nitrogens with one attached hydrogen (secondary N) is 1. The van der Waals surface area contributed by atoms with Gasteiger partial charge in [0.1, 0.15) is 5.82 Å². The first-order valence-corrected chi connectivity index (χ1v) is 8.57. The molecule has 0 radical (unpaired) electrons. The zero-order valence-electron chi connectivity index (χ0n) is 15.0. The summed E-state index contributed by atoms with van der Waals surface area (Å²) >= 11 is 0. The summed E-state index contributed by atoms with van der Waals surface area (Å²) in [7, 11) is 2.02. The fourth-order valence-corrected chi connectivity index (χ4v) is 3.08. The topological polar surface area (TPSA) is 79.2 Å². The molecule has 2 aromatic rings. The van der Waals surface area contributed by atoms with Gasteiger partial charge in [0.25, 0.3) is 0 Å². The third-order valence-electron chi connectivity index (χ3n) is 4.79. The lowest BCUT2D eigenvalue weighted by atomic mass is 10.1. The van der Waals surface area contributed by atoms with Crippen LogP contribution < -0.4 is 5.32 Å². The van der Waals surface area contributed by atoms with Gasteiger partial charge < -0.3 is 4.57 Å². The lowest BCUT2D eigenvalue weighted by Gasteiger charge is -2.41. The van der Waals surface area contributed by atoms with Crippen molar-refractivity contribution in [3.63, 3.8) is 0 Å². The summed E-state index contributed by atoms with van der Waals surface area (Å²) in [5, 5.41) is 2.78. The van der Waals surface area contributed by atoms with E-state index in [-0.39, 0.29) is 11.9 Å². The largest absolute Gasteiger partial charge is 0.337 e. The molecule has 0 spiro atoms. The van der Waals surface area contributed by atoms with E-state index in [1.807, 2.05) is 26.4 Å². The number of aryl methyl sites for hydroxylation is 1. The van der Waals surface area contributed by atoms with Gasteiger partial charge in [0, 0.05) is 57.5 Å². The van der Waals surface area contributed by atoms with E-state index < -0.39 is 0 Å². The molecular weight excluding hydrogens is 318 g/mol. The second-order valence-corrected chi connectivity index (χ2v) is 6.51. The van der Waals surface area contributed by atoms with E-state index in [9.17, 15) is 4.79 Å². The first kappa shape index (κ1) is 17.5. The van der Waals surface area contributed by atoms with Crippen LogP contribution in [0.15, 0.2) is 30.9 Å². The molecule has 1 N–H and O–H groups in total. The maximum absolute atomic E-state index is 12.4. The second-order valence-electron chi connectivity index (χ2n) is 6.51. The van der Waals surface area contributed by atoms with Crippen molar-refractivity contribution in [3.05, 3.63) is 36.7 Å². The molecule has 0 saturated carbocycles. The Morgan fingerprint density at radius 1 is 1.28 bits per heavy atom. The molecule has 8 heteroatoms. The van der Waals surface area contributed by atoms with Crippen molar-refractivity contribution in [2.24, 2.45) is 7.05 Å². The summed E-state index contributed by atoms with van der Waals surface area (Å²) in [6.07, 6.45) is 7.03. The number of aromatic nitrogens is 4. The van der Waals surface area contributed by atoms with E-state index in [4.69, 9.17) is 0 Å². The normalized spacial score (nSPS) is 20.4. The summed E-state index contributed by atoms with van der Waals surface area (Å²) in [6, 6.07) is 1.86. The van der Waals surface area contributed by atoms with Crippen LogP contribution in [0.5, 0.6) is 0 Å². The third-order valence-corrected chi connectivity index (χ3v) is 4.79. The van der Waals surface area contributed by atoms with Gasteiger partial charge in [-0.25, -0.2) is 15.0 Å². The van der Waals surface area contributed by atoms with Crippen molar-refractivity contribution in [2.75, 3.05) is 25.0 Å². The van der Waals surface area contributed by atoms with Crippen molar-refractivity contribution in [1.82, 2.24) is 29.3 Å². The van der Waals surface area contributed by atoms with Crippen LogP contribution in [0.25, 0.3) is 0 Å². The summed E-state index contributed by atoms with van der Waals surface area (Å²) in [6.45, 7) is 7.55. The maximum atomic E-state index is 12.4. The van der Waals surface area contributed by atoms with E-state index >= 15 is 0 Å². The van der Waals surface area contributed by atoms with Crippen LogP contribution in [0.2, 0.25) is 0 Å². The monoisotopic (exact) mass is 343 g/mol. The number of amides is 1. The number of hydrogen-bond donors (Lipinski definition) is 1. The van der Waals surface area contributed by atoms with Gasteiger partial charge in [-0.05, 0) is 19.9 Å². The average molecular weight is 343 g/mol. The molecule has 1 amide bonds. The van der Waals surface area contributed by atoms with Gasteiger partial charge in [-0.3, -0.25) is 19.9 Å². The van der Waals surface area contributed by atoms with Gasteiger partial charge in [0.2, 0.25) is 11.9 Å². The standard InChI is InChI=1S/C17H25N7O/c1-13-11-24(10-9-23(13)12-15-18-7-8-22(15)3)14(2)16(25)21-17-19-5-4-6-20-17/h4-8,13-14H,9-12H2,1-3H3,(H,19,20,21,25)/t13-,14+/m0/s1. The number of rotatable bonds is 5. The molecule has 1 fully saturated rings. The first-order valence-electron chi connectivity index (χ1n) is 8.57. The Morgan fingerprint density at radius 2 is 2.04 bits per heavy atom. The molecule has 25 heavy (non-hydrogen) atoms. The molecule has 1 saturated heterocycles. The van der Waals surface area contributed by atoms with Crippen LogP contribution in [0.1, 0.15) is 19.7 Å². The molecule has 0 aliphatic carbocycles. The smallest absolute Gasteiger partial charge is 0.243 e. The molecule has 1 aliphatic rings.